The van der Waals surface area contributed by atoms with Gasteiger partial charge in [-0.15, -0.1) is 0 Å². The molecule has 1 N–H and O–H groups in total. The van der Waals surface area contributed by atoms with Crippen molar-refractivity contribution in [2.45, 2.75) is 51.6 Å². The average molecular weight is 263 g/mol. The molecular weight excluding hydrogens is 238 g/mol. The second kappa shape index (κ2) is 5.67. The highest BCUT2D eigenvalue weighted by Gasteiger charge is 2.30. The normalized spacial score (nSPS) is 26.7. The molecule has 1 rings (SSSR count). The minimum Gasteiger partial charge on any atom is -0.390 e. The summed E-state index contributed by atoms with van der Waals surface area (Å²) in [6, 6.07) is 0. The molecule has 2 unspecified atom stereocenters. The molecule has 0 bridgehead atoms. The summed E-state index contributed by atoms with van der Waals surface area (Å²) in [6.45, 7) is 5.11. The Morgan fingerprint density at radius 3 is 2.65 bits per heavy atom. The van der Waals surface area contributed by atoms with Crippen LogP contribution in [0.2, 0.25) is 0 Å². The molecule has 4 nitrogen and oxygen atoms in total. The van der Waals surface area contributed by atoms with Crippen LogP contribution in [-0.2, 0) is 10.0 Å². The van der Waals surface area contributed by atoms with Crippen molar-refractivity contribution in [3.05, 3.63) is 0 Å². The van der Waals surface area contributed by atoms with E-state index < -0.39 is 15.6 Å². The van der Waals surface area contributed by atoms with E-state index in [0.717, 1.165) is 25.7 Å². The minimum absolute atomic E-state index is 0.292. The highest BCUT2D eigenvalue weighted by molar-refractivity contribution is 7.88. The summed E-state index contributed by atoms with van der Waals surface area (Å²) in [5.41, 5.74) is -0.653. The predicted molar refractivity (Wildman–Crippen MR) is 69.3 cm³/mol. The van der Waals surface area contributed by atoms with Crippen LogP contribution in [-0.4, -0.2) is 42.8 Å². The molecular formula is C12H25NO3S. The Bertz CT molecular complexity index is 338. The molecule has 5 heteroatoms. The van der Waals surface area contributed by atoms with Crippen molar-refractivity contribution in [2.24, 2.45) is 5.92 Å². The first-order valence-corrected chi connectivity index (χ1v) is 8.27. The van der Waals surface area contributed by atoms with Crippen molar-refractivity contribution in [1.29, 1.82) is 0 Å². The fraction of sp³-hybridized carbons (Fsp3) is 1.00. The first-order chi connectivity index (χ1) is 7.74. The zero-order valence-corrected chi connectivity index (χ0v) is 12.0. The molecule has 0 aromatic carbocycles. The van der Waals surface area contributed by atoms with Crippen LogP contribution in [0.25, 0.3) is 0 Å². The van der Waals surface area contributed by atoms with Crippen LogP contribution in [0, 0.1) is 5.92 Å². The fourth-order valence-electron chi connectivity index (χ4n) is 2.76. The number of sulfonamides is 1. The van der Waals surface area contributed by atoms with E-state index in [1.807, 2.05) is 6.92 Å². The summed E-state index contributed by atoms with van der Waals surface area (Å²) in [6.07, 6.45) is 5.62. The molecule has 1 aliphatic heterocycles. The third kappa shape index (κ3) is 4.94. The summed E-state index contributed by atoms with van der Waals surface area (Å²) in [4.78, 5) is 0. The summed E-state index contributed by atoms with van der Waals surface area (Å²) in [7, 11) is -3.07. The van der Waals surface area contributed by atoms with Gasteiger partial charge in [-0.1, -0.05) is 13.3 Å². The predicted octanol–water partition coefficient (Wildman–Crippen LogP) is 1.60. The Morgan fingerprint density at radius 2 is 2.12 bits per heavy atom. The molecule has 0 saturated carbocycles. The summed E-state index contributed by atoms with van der Waals surface area (Å²) < 4.78 is 24.5. The van der Waals surface area contributed by atoms with Gasteiger partial charge in [0.15, 0.2) is 0 Å². The topological polar surface area (TPSA) is 57.6 Å². The third-order valence-electron chi connectivity index (χ3n) is 3.47. The fourth-order valence-corrected chi connectivity index (χ4v) is 3.70. The first kappa shape index (κ1) is 14.9. The lowest BCUT2D eigenvalue weighted by Crippen LogP contribution is -2.41. The molecule has 17 heavy (non-hydrogen) atoms. The van der Waals surface area contributed by atoms with E-state index in [9.17, 15) is 13.5 Å². The van der Waals surface area contributed by atoms with E-state index in [0.29, 0.717) is 25.4 Å². The quantitative estimate of drug-likeness (QED) is 0.819. The van der Waals surface area contributed by atoms with Crippen LogP contribution in [0.15, 0.2) is 0 Å². The van der Waals surface area contributed by atoms with Gasteiger partial charge in [-0.05, 0) is 38.5 Å². The highest BCUT2D eigenvalue weighted by atomic mass is 32.2. The Labute approximate surface area is 105 Å². The van der Waals surface area contributed by atoms with Gasteiger partial charge < -0.3 is 5.11 Å². The van der Waals surface area contributed by atoms with E-state index in [1.165, 1.54) is 6.26 Å². The lowest BCUT2D eigenvalue weighted by Gasteiger charge is -2.35. The number of rotatable bonds is 5. The number of hydrogen-bond donors (Lipinski definition) is 1. The standard InChI is InChI=1S/C12H25NO3S/c1-4-7-12(2,14)9-11-6-5-8-13(10-11)17(3,15)16/h11,14H,4-10H2,1-3H3. The molecule has 1 heterocycles. The molecule has 0 aliphatic carbocycles. The zero-order chi connectivity index (χ0) is 13.1. The molecule has 102 valence electrons. The Morgan fingerprint density at radius 1 is 1.47 bits per heavy atom. The smallest absolute Gasteiger partial charge is 0.211 e. The first-order valence-electron chi connectivity index (χ1n) is 6.42. The largest absolute Gasteiger partial charge is 0.390 e. The van der Waals surface area contributed by atoms with Gasteiger partial charge in [-0.2, -0.15) is 0 Å². The van der Waals surface area contributed by atoms with Gasteiger partial charge in [-0.25, -0.2) is 12.7 Å². The van der Waals surface area contributed by atoms with Crippen LogP contribution in [0.1, 0.15) is 46.0 Å². The molecule has 0 radical (unpaired) electrons. The zero-order valence-electron chi connectivity index (χ0n) is 11.1. The van der Waals surface area contributed by atoms with Crippen LogP contribution in [0.3, 0.4) is 0 Å². The van der Waals surface area contributed by atoms with E-state index in [4.69, 9.17) is 0 Å². The number of hydrogen-bond acceptors (Lipinski definition) is 3. The molecule has 2 atom stereocenters. The molecule has 0 spiro atoms. The monoisotopic (exact) mass is 263 g/mol. The van der Waals surface area contributed by atoms with Gasteiger partial charge in [0.2, 0.25) is 10.0 Å². The number of piperidine rings is 1. The van der Waals surface area contributed by atoms with Gasteiger partial charge >= 0.3 is 0 Å². The van der Waals surface area contributed by atoms with E-state index in [2.05, 4.69) is 6.92 Å². The van der Waals surface area contributed by atoms with E-state index in [1.54, 1.807) is 4.31 Å². The second-order valence-electron chi connectivity index (χ2n) is 5.58. The van der Waals surface area contributed by atoms with Crippen molar-refractivity contribution in [3.8, 4) is 0 Å². The summed E-state index contributed by atoms with van der Waals surface area (Å²) >= 11 is 0. The summed E-state index contributed by atoms with van der Waals surface area (Å²) in [5, 5.41) is 10.2. The Hall–Kier alpha value is -0.130. The summed E-state index contributed by atoms with van der Waals surface area (Å²) in [5.74, 6) is 0.292. The lowest BCUT2D eigenvalue weighted by atomic mass is 9.85. The van der Waals surface area contributed by atoms with Gasteiger partial charge in [0.1, 0.15) is 0 Å². The van der Waals surface area contributed by atoms with Crippen molar-refractivity contribution in [1.82, 2.24) is 4.31 Å². The van der Waals surface area contributed by atoms with Crippen molar-refractivity contribution >= 4 is 10.0 Å². The van der Waals surface area contributed by atoms with Gasteiger partial charge in [0.25, 0.3) is 0 Å². The van der Waals surface area contributed by atoms with Crippen molar-refractivity contribution < 1.29 is 13.5 Å². The van der Waals surface area contributed by atoms with Gasteiger partial charge in [0, 0.05) is 13.1 Å². The molecule has 1 fully saturated rings. The Balaban J connectivity index is 2.56. The maximum atomic E-state index is 11.5. The Kier molecular flexibility index (Phi) is 4.98. The molecule has 1 aliphatic rings. The minimum atomic E-state index is -3.07. The van der Waals surface area contributed by atoms with E-state index in [-0.39, 0.29) is 0 Å². The third-order valence-corrected chi connectivity index (χ3v) is 4.74. The van der Waals surface area contributed by atoms with Crippen molar-refractivity contribution in [2.75, 3.05) is 19.3 Å². The maximum absolute atomic E-state index is 11.5. The number of nitrogens with zero attached hydrogens (tertiary/aromatic N) is 1. The van der Waals surface area contributed by atoms with Crippen molar-refractivity contribution in [3.63, 3.8) is 0 Å². The molecule has 0 amide bonds. The molecule has 1 saturated heterocycles. The second-order valence-corrected chi connectivity index (χ2v) is 7.56. The van der Waals surface area contributed by atoms with Crippen LogP contribution < -0.4 is 0 Å². The van der Waals surface area contributed by atoms with Crippen LogP contribution in [0.4, 0.5) is 0 Å². The molecule has 0 aromatic rings. The lowest BCUT2D eigenvalue weighted by molar-refractivity contribution is 0.0166. The molecule has 0 aromatic heterocycles. The number of aliphatic hydroxyl groups is 1. The van der Waals surface area contributed by atoms with Crippen LogP contribution >= 0.6 is 0 Å². The maximum Gasteiger partial charge on any atom is 0.211 e. The highest BCUT2D eigenvalue weighted by Crippen LogP contribution is 2.28. The van der Waals surface area contributed by atoms with E-state index >= 15 is 0 Å². The van der Waals surface area contributed by atoms with Gasteiger partial charge in [-0.3, -0.25) is 0 Å². The SMILES string of the molecule is CCCC(C)(O)CC1CCCN(S(C)(=O)=O)C1. The van der Waals surface area contributed by atoms with Crippen LogP contribution in [0.5, 0.6) is 0 Å². The van der Waals surface area contributed by atoms with Gasteiger partial charge in [0.05, 0.1) is 11.9 Å². The average Bonchev–Trinajstić information content (AvgIpc) is 2.15.